The molecule has 7 heteroatoms. The number of amides is 1. The molecule has 0 radical (unpaired) electrons. The maximum Gasteiger partial charge on any atom is 0.332 e. The van der Waals surface area contributed by atoms with Gasteiger partial charge in [-0.25, -0.2) is 9.78 Å². The maximum atomic E-state index is 13.3. The highest BCUT2D eigenvalue weighted by molar-refractivity contribution is 5.98. The highest BCUT2D eigenvalue weighted by atomic mass is 16.4. The number of aryl methyl sites for hydroxylation is 1. The van der Waals surface area contributed by atoms with Crippen LogP contribution in [-0.4, -0.2) is 43.0 Å². The number of fused-ring (bicyclic) bond motifs is 1. The van der Waals surface area contributed by atoms with Crippen molar-refractivity contribution >= 4 is 11.9 Å². The summed E-state index contributed by atoms with van der Waals surface area (Å²) in [5.74, 6) is -1.36. The fraction of sp³-hybridized carbons (Fsp3) is 0.250. The molecule has 7 nitrogen and oxygen atoms in total. The Morgan fingerprint density at radius 2 is 1.96 bits per heavy atom. The maximum absolute atomic E-state index is 13.3. The van der Waals surface area contributed by atoms with E-state index in [1.165, 1.54) is 11.2 Å². The number of aromatic amines is 1. The molecule has 0 spiro atoms. The SMILES string of the molecule is Cc1cc(C(=O)N2CCc3[nH]cnc3[C@H]2C(=O)O)c(C)n1-c1ccccc1. The first-order chi connectivity index (χ1) is 13.0. The van der Waals surface area contributed by atoms with Gasteiger partial charge in [-0.2, -0.15) is 0 Å². The summed E-state index contributed by atoms with van der Waals surface area (Å²) in [5, 5.41) is 9.72. The second kappa shape index (κ2) is 6.42. The minimum absolute atomic E-state index is 0.286. The summed E-state index contributed by atoms with van der Waals surface area (Å²) in [6, 6.07) is 10.5. The van der Waals surface area contributed by atoms with Crippen LogP contribution in [0.2, 0.25) is 0 Å². The van der Waals surface area contributed by atoms with Crippen molar-refractivity contribution in [1.29, 1.82) is 0 Å². The number of hydrogen-bond acceptors (Lipinski definition) is 3. The number of carboxylic acids is 1. The molecule has 0 bridgehead atoms. The third-order valence-electron chi connectivity index (χ3n) is 5.10. The molecule has 1 atom stereocenters. The van der Waals surface area contributed by atoms with E-state index in [-0.39, 0.29) is 5.91 Å². The average molecular weight is 364 g/mol. The summed E-state index contributed by atoms with van der Waals surface area (Å²) in [6.07, 6.45) is 2.04. The van der Waals surface area contributed by atoms with Crippen molar-refractivity contribution in [2.75, 3.05) is 6.54 Å². The van der Waals surface area contributed by atoms with Gasteiger partial charge in [-0.1, -0.05) is 18.2 Å². The number of nitrogens with zero attached hydrogens (tertiary/aromatic N) is 3. The zero-order valence-corrected chi connectivity index (χ0v) is 15.1. The number of hydrogen-bond donors (Lipinski definition) is 2. The molecule has 0 unspecified atom stereocenters. The molecule has 3 heterocycles. The lowest BCUT2D eigenvalue weighted by atomic mass is 10.0. The molecule has 3 aromatic rings. The van der Waals surface area contributed by atoms with E-state index in [0.29, 0.717) is 24.2 Å². The van der Waals surface area contributed by atoms with E-state index in [4.69, 9.17) is 0 Å². The number of H-pyrrole nitrogens is 1. The summed E-state index contributed by atoms with van der Waals surface area (Å²) in [7, 11) is 0. The molecular weight excluding hydrogens is 344 g/mol. The van der Waals surface area contributed by atoms with Gasteiger partial charge in [-0.3, -0.25) is 4.79 Å². The van der Waals surface area contributed by atoms with Crippen LogP contribution < -0.4 is 0 Å². The minimum Gasteiger partial charge on any atom is -0.479 e. The number of para-hydroxylation sites is 1. The van der Waals surface area contributed by atoms with E-state index in [2.05, 4.69) is 9.97 Å². The summed E-state index contributed by atoms with van der Waals surface area (Å²) in [6.45, 7) is 4.15. The molecule has 27 heavy (non-hydrogen) atoms. The lowest BCUT2D eigenvalue weighted by molar-refractivity contribution is -0.143. The summed E-state index contributed by atoms with van der Waals surface area (Å²) < 4.78 is 2.01. The van der Waals surface area contributed by atoms with Crippen LogP contribution >= 0.6 is 0 Å². The van der Waals surface area contributed by atoms with Crippen LogP contribution in [0.5, 0.6) is 0 Å². The number of rotatable bonds is 3. The lowest BCUT2D eigenvalue weighted by Crippen LogP contribution is -2.43. The first-order valence-electron chi connectivity index (χ1n) is 8.79. The van der Waals surface area contributed by atoms with Gasteiger partial charge in [0.15, 0.2) is 6.04 Å². The van der Waals surface area contributed by atoms with Crippen LogP contribution in [0.1, 0.15) is 39.2 Å². The Bertz CT molecular complexity index is 1020. The van der Waals surface area contributed by atoms with E-state index in [1.807, 2.05) is 54.8 Å². The molecule has 0 aliphatic carbocycles. The first-order valence-corrected chi connectivity index (χ1v) is 8.79. The number of carbonyl (C=O) groups excluding carboxylic acids is 1. The second-order valence-electron chi connectivity index (χ2n) is 6.71. The van der Waals surface area contributed by atoms with Gasteiger partial charge in [-0.05, 0) is 32.0 Å². The Balaban J connectivity index is 1.75. The Labute approximate surface area is 156 Å². The van der Waals surface area contributed by atoms with E-state index < -0.39 is 12.0 Å². The quantitative estimate of drug-likeness (QED) is 0.747. The van der Waals surface area contributed by atoms with Gasteiger partial charge in [-0.15, -0.1) is 0 Å². The van der Waals surface area contributed by atoms with Crippen LogP contribution in [0.25, 0.3) is 5.69 Å². The van der Waals surface area contributed by atoms with Crippen LogP contribution in [-0.2, 0) is 11.2 Å². The van der Waals surface area contributed by atoms with Crippen molar-refractivity contribution in [3.05, 3.63) is 71.1 Å². The molecular formula is C20H20N4O3. The average Bonchev–Trinajstić information content (AvgIpc) is 3.24. The molecule has 1 amide bonds. The summed E-state index contributed by atoms with van der Waals surface area (Å²) in [4.78, 5) is 33.7. The van der Waals surface area contributed by atoms with Crippen LogP contribution in [0.3, 0.4) is 0 Å². The highest BCUT2D eigenvalue weighted by Crippen LogP contribution is 2.31. The van der Waals surface area contributed by atoms with Gasteiger partial charge in [0.1, 0.15) is 0 Å². The molecule has 0 fully saturated rings. The second-order valence-corrected chi connectivity index (χ2v) is 6.71. The van der Waals surface area contributed by atoms with Crippen LogP contribution in [0.15, 0.2) is 42.7 Å². The predicted molar refractivity (Wildman–Crippen MR) is 98.9 cm³/mol. The third kappa shape index (κ3) is 2.71. The zero-order chi connectivity index (χ0) is 19.1. The smallest absolute Gasteiger partial charge is 0.332 e. The van der Waals surface area contributed by atoms with Crippen LogP contribution in [0, 0.1) is 13.8 Å². The molecule has 0 saturated carbocycles. The van der Waals surface area contributed by atoms with Crippen molar-refractivity contribution in [1.82, 2.24) is 19.4 Å². The van der Waals surface area contributed by atoms with Crippen molar-refractivity contribution in [2.45, 2.75) is 26.3 Å². The lowest BCUT2D eigenvalue weighted by Gasteiger charge is -2.32. The van der Waals surface area contributed by atoms with Gasteiger partial charge in [0.05, 0.1) is 17.6 Å². The number of carboxylic acid groups (broad SMARTS) is 1. The molecule has 1 aliphatic heterocycles. The molecule has 1 aliphatic rings. The molecule has 138 valence electrons. The van der Waals surface area contributed by atoms with Crippen LogP contribution in [0.4, 0.5) is 0 Å². The van der Waals surface area contributed by atoms with Gasteiger partial charge in [0.25, 0.3) is 5.91 Å². The van der Waals surface area contributed by atoms with Gasteiger partial charge >= 0.3 is 5.97 Å². The molecule has 2 N–H and O–H groups in total. The fourth-order valence-electron chi connectivity index (χ4n) is 3.85. The van der Waals surface area contributed by atoms with Crippen molar-refractivity contribution in [3.8, 4) is 5.69 Å². The largest absolute Gasteiger partial charge is 0.479 e. The van der Waals surface area contributed by atoms with Gasteiger partial charge in [0.2, 0.25) is 0 Å². The number of nitrogens with one attached hydrogen (secondary N) is 1. The number of imidazole rings is 1. The number of aliphatic carboxylic acids is 1. The monoisotopic (exact) mass is 364 g/mol. The third-order valence-corrected chi connectivity index (χ3v) is 5.10. The standard InChI is InChI=1S/C20H20N4O3/c1-12-10-15(13(2)24(12)14-6-4-3-5-7-14)19(25)23-9-8-16-17(22-11-21-16)18(23)20(26)27/h3-7,10-11,18H,8-9H2,1-2H3,(H,21,22)(H,26,27)/t18-/m0/s1. The molecule has 4 rings (SSSR count). The van der Waals surface area contributed by atoms with E-state index in [9.17, 15) is 14.7 Å². The Morgan fingerprint density at radius 1 is 1.22 bits per heavy atom. The predicted octanol–water partition coefficient (Wildman–Crippen LogP) is 2.64. The van der Waals surface area contributed by atoms with E-state index in [1.54, 1.807) is 0 Å². The Hall–Kier alpha value is -3.35. The highest BCUT2D eigenvalue weighted by Gasteiger charge is 2.39. The number of carbonyl (C=O) groups is 2. The van der Waals surface area contributed by atoms with Crippen molar-refractivity contribution < 1.29 is 14.7 Å². The van der Waals surface area contributed by atoms with Crippen molar-refractivity contribution in [3.63, 3.8) is 0 Å². The van der Waals surface area contributed by atoms with E-state index in [0.717, 1.165) is 22.8 Å². The van der Waals surface area contributed by atoms with Gasteiger partial charge < -0.3 is 19.6 Å². The van der Waals surface area contributed by atoms with E-state index >= 15 is 0 Å². The molecule has 1 aromatic carbocycles. The Morgan fingerprint density at radius 3 is 2.67 bits per heavy atom. The topological polar surface area (TPSA) is 91.2 Å². The fourth-order valence-corrected chi connectivity index (χ4v) is 3.85. The van der Waals surface area contributed by atoms with Crippen molar-refractivity contribution in [2.24, 2.45) is 0 Å². The first kappa shape index (κ1) is 17.1. The Kier molecular flexibility index (Phi) is 4.07. The zero-order valence-electron chi connectivity index (χ0n) is 15.1. The van der Waals surface area contributed by atoms with Gasteiger partial charge in [0, 0.05) is 35.7 Å². The number of aromatic nitrogens is 3. The normalized spacial score (nSPS) is 16.2. The number of benzene rings is 1. The molecule has 0 saturated heterocycles. The molecule has 2 aromatic heterocycles. The minimum atomic E-state index is -1.08. The summed E-state index contributed by atoms with van der Waals surface area (Å²) >= 11 is 0. The summed E-state index contributed by atoms with van der Waals surface area (Å²) in [5.41, 5.74) is 4.39.